The van der Waals surface area contributed by atoms with Gasteiger partial charge in [0.2, 0.25) is 0 Å². The van der Waals surface area contributed by atoms with Crippen molar-refractivity contribution in [2.45, 2.75) is 52.4 Å². The lowest BCUT2D eigenvalue weighted by molar-refractivity contribution is 0.315. The maximum atomic E-state index is 6.09. The molecule has 0 spiro atoms. The summed E-state index contributed by atoms with van der Waals surface area (Å²) < 4.78 is 6.09. The molecular formula is C17H23O. The van der Waals surface area contributed by atoms with Crippen LogP contribution in [-0.2, 0) is 0 Å². The number of rotatable bonds is 6. The van der Waals surface area contributed by atoms with Crippen LogP contribution < -0.4 is 4.74 Å². The molecule has 1 aromatic rings. The quantitative estimate of drug-likeness (QED) is 0.652. The van der Waals surface area contributed by atoms with Crippen molar-refractivity contribution in [1.82, 2.24) is 0 Å². The van der Waals surface area contributed by atoms with Crippen LogP contribution >= 0.6 is 0 Å². The van der Waals surface area contributed by atoms with Gasteiger partial charge in [0, 0.05) is 5.56 Å². The molecule has 0 amide bonds. The van der Waals surface area contributed by atoms with Gasteiger partial charge < -0.3 is 4.74 Å². The van der Waals surface area contributed by atoms with E-state index in [1.807, 2.05) is 6.07 Å². The largest absolute Gasteiger partial charge is 0.478 e. The third-order valence-corrected chi connectivity index (χ3v) is 3.40. The molecule has 0 fully saturated rings. The van der Waals surface area contributed by atoms with Crippen LogP contribution in [0.4, 0.5) is 0 Å². The first-order chi connectivity index (χ1) is 8.85. The molecule has 0 bridgehead atoms. The van der Waals surface area contributed by atoms with Crippen LogP contribution in [-0.4, -0.2) is 0 Å². The molecule has 0 atom stereocenters. The molecule has 0 saturated carbocycles. The van der Waals surface area contributed by atoms with Gasteiger partial charge in [-0.25, -0.2) is 0 Å². The molecule has 1 aromatic carbocycles. The molecule has 0 unspecified atom stereocenters. The Balaban J connectivity index is 2.16. The molecule has 1 aliphatic rings. The summed E-state index contributed by atoms with van der Waals surface area (Å²) >= 11 is 0. The fourth-order valence-corrected chi connectivity index (χ4v) is 2.29. The number of ether oxygens (including phenoxy) is 1. The van der Waals surface area contributed by atoms with Crippen molar-refractivity contribution in [3.8, 4) is 5.75 Å². The fraction of sp³-hybridized carbons (Fsp3) is 0.471. The zero-order chi connectivity index (χ0) is 12.8. The van der Waals surface area contributed by atoms with E-state index < -0.39 is 0 Å². The first kappa shape index (κ1) is 13.2. The van der Waals surface area contributed by atoms with Gasteiger partial charge in [0.25, 0.3) is 0 Å². The molecule has 1 nitrogen and oxygen atoms in total. The number of para-hydroxylation sites is 1. The molecule has 18 heavy (non-hydrogen) atoms. The highest BCUT2D eigenvalue weighted by Gasteiger charge is 2.22. The minimum atomic E-state index is 1.02. The predicted octanol–water partition coefficient (Wildman–Crippen LogP) is 5.37. The average molecular weight is 243 g/mol. The summed E-state index contributed by atoms with van der Waals surface area (Å²) in [6.45, 7) is 4.47. The van der Waals surface area contributed by atoms with Crippen molar-refractivity contribution in [3.63, 3.8) is 0 Å². The van der Waals surface area contributed by atoms with E-state index in [9.17, 15) is 0 Å². The molecule has 0 saturated heterocycles. The van der Waals surface area contributed by atoms with Crippen LogP contribution in [0, 0.1) is 6.10 Å². The Morgan fingerprint density at radius 2 is 1.67 bits per heavy atom. The molecule has 1 heterocycles. The van der Waals surface area contributed by atoms with Gasteiger partial charge in [-0.15, -0.1) is 0 Å². The number of unbranched alkanes of at least 4 members (excludes halogenated alkanes) is 2. The van der Waals surface area contributed by atoms with Crippen LogP contribution in [0.15, 0.2) is 29.8 Å². The second-order valence-electron chi connectivity index (χ2n) is 4.94. The Hall–Kier alpha value is -1.24. The molecule has 1 heteroatoms. The first-order valence-electron chi connectivity index (χ1n) is 7.18. The Morgan fingerprint density at radius 1 is 0.944 bits per heavy atom. The summed E-state index contributed by atoms with van der Waals surface area (Å²) in [5.41, 5.74) is 2.63. The molecule has 1 aliphatic heterocycles. The van der Waals surface area contributed by atoms with Crippen LogP contribution in [0.25, 0.3) is 6.08 Å². The predicted molar refractivity (Wildman–Crippen MR) is 77.3 cm³/mol. The molecule has 0 aromatic heterocycles. The molecule has 97 valence electrons. The van der Waals surface area contributed by atoms with Crippen LogP contribution in [0.5, 0.6) is 5.75 Å². The van der Waals surface area contributed by atoms with E-state index in [1.165, 1.54) is 42.9 Å². The second-order valence-corrected chi connectivity index (χ2v) is 4.94. The van der Waals surface area contributed by atoms with E-state index in [4.69, 9.17) is 4.74 Å². The van der Waals surface area contributed by atoms with Gasteiger partial charge in [-0.2, -0.15) is 0 Å². The van der Waals surface area contributed by atoms with Crippen molar-refractivity contribution < 1.29 is 4.74 Å². The highest BCUT2D eigenvalue weighted by Crippen LogP contribution is 2.37. The first-order valence-corrected chi connectivity index (χ1v) is 7.18. The fourth-order valence-electron chi connectivity index (χ4n) is 2.29. The van der Waals surface area contributed by atoms with Gasteiger partial charge in [-0.3, -0.25) is 0 Å². The lowest BCUT2D eigenvalue weighted by atomic mass is 9.94. The monoisotopic (exact) mass is 243 g/mol. The van der Waals surface area contributed by atoms with E-state index in [0.717, 1.165) is 18.6 Å². The number of hydrogen-bond donors (Lipinski definition) is 0. The Morgan fingerprint density at radius 3 is 2.44 bits per heavy atom. The van der Waals surface area contributed by atoms with Gasteiger partial charge in [-0.05, 0) is 43.4 Å². The maximum absolute atomic E-state index is 6.09. The van der Waals surface area contributed by atoms with Crippen molar-refractivity contribution in [2.24, 2.45) is 0 Å². The van der Waals surface area contributed by atoms with Crippen molar-refractivity contribution in [1.29, 1.82) is 0 Å². The maximum Gasteiger partial charge on any atom is 0.174 e. The van der Waals surface area contributed by atoms with Gasteiger partial charge >= 0.3 is 0 Å². The highest BCUT2D eigenvalue weighted by atomic mass is 16.5. The zero-order valence-corrected chi connectivity index (χ0v) is 11.5. The van der Waals surface area contributed by atoms with Crippen molar-refractivity contribution >= 4 is 6.08 Å². The summed E-state index contributed by atoms with van der Waals surface area (Å²) in [6, 6.07) is 8.32. The lowest BCUT2D eigenvalue weighted by Gasteiger charge is -2.26. The van der Waals surface area contributed by atoms with Crippen LogP contribution in [0.2, 0.25) is 0 Å². The van der Waals surface area contributed by atoms with Crippen molar-refractivity contribution in [3.05, 3.63) is 41.5 Å². The minimum Gasteiger partial charge on any atom is -0.478 e. The second kappa shape index (κ2) is 6.63. The highest BCUT2D eigenvalue weighted by molar-refractivity contribution is 5.65. The molecule has 0 N–H and O–H groups in total. The Labute approximate surface area is 111 Å². The summed E-state index contributed by atoms with van der Waals surface area (Å²) in [4.78, 5) is 0. The van der Waals surface area contributed by atoms with Gasteiger partial charge in [0.1, 0.15) is 5.75 Å². The van der Waals surface area contributed by atoms with E-state index in [-0.39, 0.29) is 0 Å². The normalized spacial score (nSPS) is 14.9. The average Bonchev–Trinajstić information content (AvgIpc) is 2.42. The van der Waals surface area contributed by atoms with Crippen LogP contribution in [0.1, 0.15) is 57.9 Å². The Kier molecular flexibility index (Phi) is 4.86. The third kappa shape index (κ3) is 3.16. The number of fused-ring (bicyclic) bond motifs is 1. The van der Waals surface area contributed by atoms with Gasteiger partial charge in [0.05, 0.1) is 0 Å². The molecule has 1 radical (unpaired) electrons. The van der Waals surface area contributed by atoms with Gasteiger partial charge in [-0.1, -0.05) is 44.9 Å². The summed E-state index contributed by atoms with van der Waals surface area (Å²) in [6.07, 6.45) is 10.6. The SMILES string of the molecule is CCCC[C]1Oc2ccccc2C=C1CCCC. The van der Waals surface area contributed by atoms with E-state index >= 15 is 0 Å². The third-order valence-electron chi connectivity index (χ3n) is 3.40. The van der Waals surface area contributed by atoms with Gasteiger partial charge in [0.15, 0.2) is 6.10 Å². The summed E-state index contributed by atoms with van der Waals surface area (Å²) in [5.74, 6) is 1.02. The summed E-state index contributed by atoms with van der Waals surface area (Å²) in [5, 5.41) is 0. The van der Waals surface area contributed by atoms with Crippen molar-refractivity contribution in [2.75, 3.05) is 0 Å². The number of hydrogen-bond acceptors (Lipinski definition) is 1. The molecule has 0 aliphatic carbocycles. The van der Waals surface area contributed by atoms with E-state index in [1.54, 1.807) is 0 Å². The Bertz CT molecular complexity index is 406. The zero-order valence-electron chi connectivity index (χ0n) is 11.5. The standard InChI is InChI=1S/C17H23O/c1-3-5-9-14-13-15-10-7-8-12-17(15)18-16(14)11-6-4-2/h7-8,10,12-13H,3-6,9,11H2,1-2H3. The van der Waals surface area contributed by atoms with Crippen LogP contribution in [0.3, 0.4) is 0 Å². The molecule has 2 rings (SSSR count). The lowest BCUT2D eigenvalue weighted by Crippen LogP contribution is -2.14. The topological polar surface area (TPSA) is 9.23 Å². The smallest absolute Gasteiger partial charge is 0.174 e. The minimum absolute atomic E-state index is 1.02. The van der Waals surface area contributed by atoms with E-state index in [0.29, 0.717) is 0 Å². The summed E-state index contributed by atoms with van der Waals surface area (Å²) in [7, 11) is 0. The van der Waals surface area contributed by atoms with E-state index in [2.05, 4.69) is 38.1 Å². The number of benzene rings is 1. The molecular weight excluding hydrogens is 220 g/mol.